The molecule has 0 spiro atoms. The molecule has 2 aromatic carbocycles. The predicted molar refractivity (Wildman–Crippen MR) is 147 cm³/mol. The minimum atomic E-state index is -0.853. The average molecular weight is 572 g/mol. The number of halogens is 4. The lowest BCUT2D eigenvalue weighted by molar-refractivity contribution is -0.119. The molecule has 0 atom stereocenters. The van der Waals surface area contributed by atoms with Crippen molar-refractivity contribution in [3.8, 4) is 23.3 Å². The molecule has 8 nitrogen and oxygen atoms in total. The Morgan fingerprint density at radius 3 is 2.36 bits per heavy atom. The van der Waals surface area contributed by atoms with Crippen LogP contribution in [0.5, 0.6) is 11.5 Å². The van der Waals surface area contributed by atoms with Crippen molar-refractivity contribution >= 4 is 48.3 Å². The molecular weight excluding hydrogens is 551 g/mol. The molecule has 0 aliphatic carbocycles. The number of hydrogen-bond acceptors (Lipinski definition) is 6. The first-order chi connectivity index (χ1) is 17.9. The molecule has 12 heteroatoms. The van der Waals surface area contributed by atoms with Crippen molar-refractivity contribution in [3.05, 3.63) is 108 Å². The van der Waals surface area contributed by atoms with Gasteiger partial charge in [0.05, 0.1) is 6.42 Å². The average Bonchev–Trinajstić information content (AvgIpc) is 2.87. The van der Waals surface area contributed by atoms with E-state index in [-0.39, 0.29) is 59.8 Å². The minimum absolute atomic E-state index is 0. The van der Waals surface area contributed by atoms with Crippen LogP contribution in [0.2, 0.25) is 0 Å². The number of pyridine rings is 2. The predicted octanol–water partition coefficient (Wildman–Crippen LogP) is 5.26. The molecule has 0 aliphatic rings. The number of carbonyl (C=O) groups excluding carboxylic acids is 2. The summed E-state index contributed by atoms with van der Waals surface area (Å²) in [6, 6.07) is 14.9. The van der Waals surface area contributed by atoms with Gasteiger partial charge in [0.2, 0.25) is 5.91 Å². The molecule has 2 heterocycles. The third-order valence-electron chi connectivity index (χ3n) is 4.86. The Labute approximate surface area is 234 Å². The van der Waals surface area contributed by atoms with Crippen molar-refractivity contribution in [3.63, 3.8) is 0 Å². The Balaban J connectivity index is 0.00000267. The van der Waals surface area contributed by atoms with Crippen molar-refractivity contribution in [1.29, 1.82) is 0 Å². The van der Waals surface area contributed by atoms with Gasteiger partial charge in [-0.05, 0) is 47.9 Å². The molecule has 4 aromatic rings. The fourth-order valence-electron chi connectivity index (χ4n) is 3.13. The number of anilines is 2. The van der Waals surface area contributed by atoms with E-state index in [1.807, 2.05) is 0 Å². The maximum absolute atomic E-state index is 14.8. The topological polar surface area (TPSA) is 119 Å². The summed E-state index contributed by atoms with van der Waals surface area (Å²) in [4.78, 5) is 32.3. The number of nitrogen functional groups attached to an aromatic ring is 1. The van der Waals surface area contributed by atoms with Crippen LogP contribution in [0.1, 0.15) is 16.8 Å². The number of benzene rings is 2. The van der Waals surface area contributed by atoms with Gasteiger partial charge in [-0.2, -0.15) is 0 Å². The zero-order chi connectivity index (χ0) is 26.2. The molecule has 0 fully saturated rings. The summed E-state index contributed by atoms with van der Waals surface area (Å²) in [5.41, 5.74) is 7.32. The van der Waals surface area contributed by atoms with Gasteiger partial charge in [-0.1, -0.05) is 24.1 Å². The highest BCUT2D eigenvalue weighted by Gasteiger charge is 2.14. The van der Waals surface area contributed by atoms with Crippen LogP contribution in [0.15, 0.2) is 79.1 Å². The summed E-state index contributed by atoms with van der Waals surface area (Å²) in [5.74, 6) is 4.01. The summed E-state index contributed by atoms with van der Waals surface area (Å²) >= 11 is 0. The molecule has 0 aliphatic heterocycles. The first-order valence-corrected chi connectivity index (χ1v) is 10.9. The zero-order valence-corrected chi connectivity index (χ0v) is 21.6. The SMILES string of the molecule is Cl.Cl.Nc1nccc(Oc2ccc(NC(=O)NC(=O)Cc3ccc(F)cc3)cc2F)c1C#Cc1ccccn1. The maximum atomic E-state index is 14.8. The highest BCUT2D eigenvalue weighted by atomic mass is 35.5. The van der Waals surface area contributed by atoms with Crippen molar-refractivity contribution in [1.82, 2.24) is 15.3 Å². The molecule has 0 radical (unpaired) electrons. The molecule has 3 amide bonds. The van der Waals surface area contributed by atoms with Gasteiger partial charge in [-0.15, -0.1) is 24.8 Å². The largest absolute Gasteiger partial charge is 0.453 e. The summed E-state index contributed by atoms with van der Waals surface area (Å²) in [6.45, 7) is 0. The Kier molecular flexibility index (Phi) is 11.2. The Morgan fingerprint density at radius 2 is 1.67 bits per heavy atom. The number of hydrogen-bond donors (Lipinski definition) is 3. The number of amides is 3. The molecule has 2 aromatic heterocycles. The third-order valence-corrected chi connectivity index (χ3v) is 4.86. The molecule has 4 N–H and O–H groups in total. The van der Waals surface area contributed by atoms with E-state index in [0.717, 1.165) is 6.07 Å². The minimum Gasteiger partial charge on any atom is -0.453 e. The highest BCUT2D eigenvalue weighted by Crippen LogP contribution is 2.30. The van der Waals surface area contributed by atoms with E-state index < -0.39 is 23.6 Å². The van der Waals surface area contributed by atoms with E-state index in [1.165, 1.54) is 48.7 Å². The van der Waals surface area contributed by atoms with Gasteiger partial charge in [0, 0.05) is 30.2 Å². The number of ether oxygens (including phenoxy) is 1. The van der Waals surface area contributed by atoms with Crippen molar-refractivity contribution < 1.29 is 23.1 Å². The number of nitrogens with one attached hydrogen (secondary N) is 2. The van der Waals surface area contributed by atoms with E-state index in [4.69, 9.17) is 10.5 Å². The lowest BCUT2D eigenvalue weighted by atomic mass is 10.1. The second kappa shape index (κ2) is 14.3. The molecule has 200 valence electrons. The summed E-state index contributed by atoms with van der Waals surface area (Å²) < 4.78 is 33.4. The first kappa shape index (κ1) is 30.5. The summed E-state index contributed by atoms with van der Waals surface area (Å²) in [5, 5.41) is 4.50. The van der Waals surface area contributed by atoms with Crippen molar-refractivity contribution in [2.45, 2.75) is 6.42 Å². The molecule has 4 rings (SSSR count). The second-order valence-corrected chi connectivity index (χ2v) is 7.59. The van der Waals surface area contributed by atoms with E-state index in [1.54, 1.807) is 24.4 Å². The van der Waals surface area contributed by atoms with Crippen molar-refractivity contribution in [2.24, 2.45) is 0 Å². The van der Waals surface area contributed by atoms with Gasteiger partial charge in [0.25, 0.3) is 0 Å². The molecule has 0 unspecified atom stereocenters. The lowest BCUT2D eigenvalue weighted by Gasteiger charge is -2.11. The summed E-state index contributed by atoms with van der Waals surface area (Å²) in [7, 11) is 0. The lowest BCUT2D eigenvalue weighted by Crippen LogP contribution is -2.35. The van der Waals surface area contributed by atoms with Gasteiger partial charge < -0.3 is 15.8 Å². The van der Waals surface area contributed by atoms with Crippen LogP contribution in [0.3, 0.4) is 0 Å². The number of nitrogens with zero attached hydrogens (tertiary/aromatic N) is 2. The number of imide groups is 1. The first-order valence-electron chi connectivity index (χ1n) is 10.9. The summed E-state index contributed by atoms with van der Waals surface area (Å²) in [6.07, 6.45) is 2.87. The number of aromatic nitrogens is 2. The number of urea groups is 1. The highest BCUT2D eigenvalue weighted by molar-refractivity contribution is 6.01. The van der Waals surface area contributed by atoms with E-state index in [0.29, 0.717) is 11.3 Å². The Bertz CT molecular complexity index is 1510. The van der Waals surface area contributed by atoms with Crippen LogP contribution < -0.4 is 21.1 Å². The normalized spacial score (nSPS) is 9.59. The standard InChI is InChI=1S/C27H19F2N5O3.2ClH/c28-18-6-4-17(5-7-18)15-25(35)34-27(36)33-20-9-11-24(22(29)16-20)37-23-12-14-32-26(30)21(23)10-8-19-3-1-2-13-31-19;;/h1-7,9,11-14,16H,15H2,(H2,30,32)(H2,33,34,35,36);2*1H. The van der Waals surface area contributed by atoms with Crippen LogP contribution in [0.25, 0.3) is 0 Å². The number of rotatable bonds is 5. The van der Waals surface area contributed by atoms with E-state index in [9.17, 15) is 18.4 Å². The zero-order valence-electron chi connectivity index (χ0n) is 20.0. The molecule has 0 saturated heterocycles. The third kappa shape index (κ3) is 8.67. The molecule has 39 heavy (non-hydrogen) atoms. The van der Waals surface area contributed by atoms with Crippen molar-refractivity contribution in [2.75, 3.05) is 11.1 Å². The maximum Gasteiger partial charge on any atom is 0.325 e. The van der Waals surface area contributed by atoms with Crippen LogP contribution in [0, 0.1) is 23.5 Å². The van der Waals surface area contributed by atoms with Gasteiger partial charge >= 0.3 is 6.03 Å². The van der Waals surface area contributed by atoms with Crippen LogP contribution >= 0.6 is 24.8 Å². The smallest absolute Gasteiger partial charge is 0.325 e. The Morgan fingerprint density at radius 1 is 0.897 bits per heavy atom. The fraction of sp³-hybridized carbons (Fsp3) is 0.0370. The van der Waals surface area contributed by atoms with E-state index in [2.05, 4.69) is 32.4 Å². The monoisotopic (exact) mass is 571 g/mol. The fourth-order valence-corrected chi connectivity index (χ4v) is 3.13. The van der Waals surface area contributed by atoms with Gasteiger partial charge in [-0.25, -0.2) is 23.5 Å². The quantitative estimate of drug-likeness (QED) is 0.281. The Hall–Kier alpha value is -4.72. The molecular formula is C27H21Cl2F2N5O3. The van der Waals surface area contributed by atoms with E-state index >= 15 is 0 Å². The molecule has 0 saturated carbocycles. The molecule has 0 bridgehead atoms. The van der Waals surface area contributed by atoms with Crippen LogP contribution in [0.4, 0.5) is 25.1 Å². The van der Waals surface area contributed by atoms with Gasteiger partial charge in [0.15, 0.2) is 11.6 Å². The van der Waals surface area contributed by atoms with Crippen LogP contribution in [-0.2, 0) is 11.2 Å². The van der Waals surface area contributed by atoms with Gasteiger partial charge in [0.1, 0.15) is 28.6 Å². The number of nitrogens with two attached hydrogens (primary N) is 1. The van der Waals surface area contributed by atoms with Gasteiger partial charge in [-0.3, -0.25) is 10.1 Å². The number of carbonyl (C=O) groups is 2. The van der Waals surface area contributed by atoms with Crippen LogP contribution in [-0.4, -0.2) is 21.9 Å². The second-order valence-electron chi connectivity index (χ2n) is 7.59.